The number of halogens is 2. The number of hydrogen-bond acceptors (Lipinski definition) is 9. The fraction of sp³-hybridized carbons (Fsp3) is 0.227. The molecule has 34 heavy (non-hydrogen) atoms. The highest BCUT2D eigenvalue weighted by Gasteiger charge is 2.27. The van der Waals surface area contributed by atoms with Crippen molar-refractivity contribution in [2.45, 2.75) is 13.8 Å². The molecule has 0 saturated carbocycles. The number of hydrogen-bond donors (Lipinski definition) is 0. The summed E-state index contributed by atoms with van der Waals surface area (Å²) in [4.78, 5) is 38.7. The highest BCUT2D eigenvalue weighted by Crippen LogP contribution is 2.35. The van der Waals surface area contributed by atoms with E-state index >= 15 is 0 Å². The summed E-state index contributed by atoms with van der Waals surface area (Å²) in [6.45, 7) is 3.78. The van der Waals surface area contributed by atoms with E-state index in [0.29, 0.717) is 27.2 Å². The first-order chi connectivity index (χ1) is 16.2. The molecular formula is C22H18ClIN2O8. The average Bonchev–Trinajstić information content (AvgIpc) is 3.13. The summed E-state index contributed by atoms with van der Waals surface area (Å²) in [7, 11) is 0. The molecule has 0 amide bonds. The molecule has 0 saturated heterocycles. The lowest BCUT2D eigenvalue weighted by atomic mass is 10.1. The maximum Gasteiger partial charge on any atom is 0.363 e. The molecule has 0 radical (unpaired) electrons. The zero-order valence-corrected chi connectivity index (χ0v) is 20.9. The van der Waals surface area contributed by atoms with Gasteiger partial charge in [-0.15, -0.1) is 0 Å². The van der Waals surface area contributed by atoms with Crippen molar-refractivity contribution in [3.63, 3.8) is 0 Å². The van der Waals surface area contributed by atoms with Crippen LogP contribution >= 0.6 is 34.2 Å². The highest BCUT2D eigenvalue weighted by atomic mass is 127. The minimum Gasteiger partial charge on any atom is -0.490 e. The largest absolute Gasteiger partial charge is 0.490 e. The first kappa shape index (κ1) is 25.4. The number of nitro groups is 1. The van der Waals surface area contributed by atoms with Gasteiger partial charge in [-0.25, -0.2) is 14.6 Å². The Balaban J connectivity index is 1.93. The summed E-state index contributed by atoms with van der Waals surface area (Å²) in [5.41, 5.74) is 0.430. The molecule has 0 unspecified atom stereocenters. The van der Waals surface area contributed by atoms with Crippen LogP contribution in [-0.4, -0.2) is 42.6 Å². The van der Waals surface area contributed by atoms with E-state index < -0.39 is 16.9 Å². The molecule has 1 aliphatic rings. The van der Waals surface area contributed by atoms with Crippen molar-refractivity contribution in [1.29, 1.82) is 0 Å². The molecular weight excluding hydrogens is 583 g/mol. The number of rotatable bonds is 9. The SMILES string of the molecule is CCOC(=O)COc1c(I)cc(/C=C2\N=C(c3cc([N+](=O)[O-])ccc3Cl)OC2=O)cc1OCC. The maximum absolute atomic E-state index is 12.4. The van der Waals surface area contributed by atoms with Gasteiger partial charge >= 0.3 is 11.9 Å². The summed E-state index contributed by atoms with van der Waals surface area (Å²) in [6.07, 6.45) is 1.47. The zero-order valence-electron chi connectivity index (χ0n) is 18.0. The minimum absolute atomic E-state index is 0.0315. The Labute approximate surface area is 212 Å². The van der Waals surface area contributed by atoms with Gasteiger partial charge in [0.1, 0.15) is 0 Å². The summed E-state index contributed by atoms with van der Waals surface area (Å²) in [5.74, 6) is -0.670. The van der Waals surface area contributed by atoms with Crippen molar-refractivity contribution in [3.05, 3.63) is 65.9 Å². The number of aliphatic imine (C=N–C) groups is 1. The van der Waals surface area contributed by atoms with E-state index in [1.807, 2.05) is 22.6 Å². The smallest absolute Gasteiger partial charge is 0.363 e. The van der Waals surface area contributed by atoms with Crippen LogP contribution in [0.3, 0.4) is 0 Å². The number of benzene rings is 2. The van der Waals surface area contributed by atoms with Crippen LogP contribution in [0.25, 0.3) is 6.08 Å². The van der Waals surface area contributed by atoms with E-state index in [4.69, 9.17) is 30.5 Å². The van der Waals surface area contributed by atoms with Gasteiger partial charge < -0.3 is 18.9 Å². The maximum atomic E-state index is 12.4. The Kier molecular flexibility index (Phi) is 8.45. The Morgan fingerprint density at radius 1 is 1.24 bits per heavy atom. The Bertz CT molecular complexity index is 1210. The van der Waals surface area contributed by atoms with E-state index in [9.17, 15) is 19.7 Å². The predicted octanol–water partition coefficient (Wildman–Crippen LogP) is 4.54. The van der Waals surface area contributed by atoms with Crippen molar-refractivity contribution < 1.29 is 33.5 Å². The summed E-state index contributed by atoms with van der Waals surface area (Å²) >= 11 is 8.14. The number of carbonyl (C=O) groups excluding carboxylic acids is 2. The fourth-order valence-electron chi connectivity index (χ4n) is 2.88. The van der Waals surface area contributed by atoms with E-state index in [1.165, 1.54) is 24.3 Å². The van der Waals surface area contributed by atoms with E-state index in [-0.39, 0.29) is 41.1 Å². The Hall–Kier alpha value is -3.19. The number of non-ortho nitro benzene ring substituents is 1. The molecule has 0 fully saturated rings. The second-order valence-corrected chi connectivity index (χ2v) is 8.18. The Morgan fingerprint density at radius 3 is 2.68 bits per heavy atom. The molecule has 0 N–H and O–H groups in total. The third-order valence-corrected chi connectivity index (χ3v) is 5.42. The van der Waals surface area contributed by atoms with E-state index in [1.54, 1.807) is 26.0 Å². The first-order valence-electron chi connectivity index (χ1n) is 9.95. The molecule has 10 nitrogen and oxygen atoms in total. The van der Waals surface area contributed by atoms with Crippen LogP contribution in [0.2, 0.25) is 5.02 Å². The Morgan fingerprint density at radius 2 is 2.00 bits per heavy atom. The fourth-order valence-corrected chi connectivity index (χ4v) is 3.86. The molecule has 0 atom stereocenters. The van der Waals surface area contributed by atoms with Gasteiger partial charge in [-0.05, 0) is 66.3 Å². The van der Waals surface area contributed by atoms with E-state index in [0.717, 1.165) is 0 Å². The minimum atomic E-state index is -0.742. The molecule has 2 aromatic rings. The van der Waals surface area contributed by atoms with Crippen molar-refractivity contribution in [2.75, 3.05) is 19.8 Å². The van der Waals surface area contributed by atoms with Gasteiger partial charge in [-0.2, -0.15) is 0 Å². The van der Waals surface area contributed by atoms with Crippen LogP contribution in [0.1, 0.15) is 25.0 Å². The summed E-state index contributed by atoms with van der Waals surface area (Å²) in [5, 5.41) is 11.2. The third-order valence-electron chi connectivity index (χ3n) is 4.29. The first-order valence-corrected chi connectivity index (χ1v) is 11.4. The highest BCUT2D eigenvalue weighted by molar-refractivity contribution is 14.1. The van der Waals surface area contributed by atoms with Gasteiger partial charge in [-0.1, -0.05) is 11.6 Å². The lowest BCUT2D eigenvalue weighted by Crippen LogP contribution is -2.15. The van der Waals surface area contributed by atoms with Gasteiger partial charge in [0.2, 0.25) is 5.90 Å². The molecule has 0 aliphatic carbocycles. The van der Waals surface area contributed by atoms with Crippen molar-refractivity contribution in [1.82, 2.24) is 0 Å². The second-order valence-electron chi connectivity index (χ2n) is 6.61. The molecule has 12 heteroatoms. The van der Waals surface area contributed by atoms with Crippen LogP contribution in [-0.2, 0) is 19.1 Å². The monoisotopic (exact) mass is 600 g/mol. The van der Waals surface area contributed by atoms with Gasteiger partial charge in [0.05, 0.1) is 32.3 Å². The molecule has 0 aromatic heterocycles. The standard InChI is InChI=1S/C22H18ClIN2O8/c1-3-31-18-9-12(7-16(24)20(18)33-11-19(27)32-4-2)8-17-22(28)34-21(25-17)14-10-13(26(29)30)5-6-15(14)23/h5-10H,3-4,11H2,1-2H3/b17-8-. The molecule has 3 rings (SSSR count). The molecule has 178 valence electrons. The van der Waals surface area contributed by atoms with Gasteiger partial charge in [-0.3, -0.25) is 10.1 Å². The second kappa shape index (κ2) is 11.3. The van der Waals surface area contributed by atoms with Crippen LogP contribution in [0, 0.1) is 13.7 Å². The number of nitrogens with zero attached hydrogens (tertiary/aromatic N) is 2. The van der Waals surface area contributed by atoms with Crippen LogP contribution in [0.15, 0.2) is 41.0 Å². The van der Waals surface area contributed by atoms with Crippen molar-refractivity contribution in [3.8, 4) is 11.5 Å². The normalized spacial score (nSPS) is 13.9. The number of esters is 2. The number of ether oxygens (including phenoxy) is 4. The zero-order chi connectivity index (χ0) is 24.8. The summed E-state index contributed by atoms with van der Waals surface area (Å²) in [6, 6.07) is 7.09. The van der Waals surface area contributed by atoms with Crippen molar-refractivity contribution >= 4 is 63.8 Å². The quantitative estimate of drug-likeness (QED) is 0.135. The van der Waals surface area contributed by atoms with Gasteiger partial charge in [0.15, 0.2) is 23.8 Å². The van der Waals surface area contributed by atoms with Crippen molar-refractivity contribution in [2.24, 2.45) is 4.99 Å². The number of nitro benzene ring substituents is 1. The number of carbonyl (C=O) groups is 2. The lowest BCUT2D eigenvalue weighted by Gasteiger charge is -2.14. The molecule has 0 spiro atoms. The van der Waals surface area contributed by atoms with Gasteiger partial charge in [0.25, 0.3) is 5.69 Å². The number of cyclic esters (lactones) is 1. The van der Waals surface area contributed by atoms with Gasteiger partial charge in [0, 0.05) is 12.1 Å². The van der Waals surface area contributed by atoms with Crippen LogP contribution < -0.4 is 9.47 Å². The van der Waals surface area contributed by atoms with Crippen LogP contribution in [0.5, 0.6) is 11.5 Å². The van der Waals surface area contributed by atoms with Crippen LogP contribution in [0.4, 0.5) is 5.69 Å². The third kappa shape index (κ3) is 6.03. The molecule has 2 aromatic carbocycles. The molecule has 1 aliphatic heterocycles. The predicted molar refractivity (Wildman–Crippen MR) is 131 cm³/mol. The molecule has 1 heterocycles. The average molecular weight is 601 g/mol. The lowest BCUT2D eigenvalue weighted by molar-refractivity contribution is -0.384. The van der Waals surface area contributed by atoms with E-state index in [2.05, 4.69) is 4.99 Å². The summed E-state index contributed by atoms with van der Waals surface area (Å²) < 4.78 is 21.9. The molecule has 0 bridgehead atoms. The topological polar surface area (TPSA) is 127 Å².